The van der Waals surface area contributed by atoms with Crippen LogP contribution in [0, 0.1) is 0 Å². The van der Waals surface area contributed by atoms with Crippen LogP contribution in [0.1, 0.15) is 0 Å². The van der Waals surface area contributed by atoms with Crippen LogP contribution in [0.25, 0.3) is 0 Å². The first kappa shape index (κ1) is 16.1. The van der Waals surface area contributed by atoms with Crippen molar-refractivity contribution in [1.29, 1.82) is 0 Å². The fourth-order valence-electron chi connectivity index (χ4n) is 1.38. The summed E-state index contributed by atoms with van der Waals surface area (Å²) in [5.74, 6) is 0.475. The highest BCUT2D eigenvalue weighted by Gasteiger charge is 2.08. The molecule has 1 unspecified atom stereocenters. The minimum Gasteiger partial charge on any atom is -0.374 e. The van der Waals surface area contributed by atoms with Crippen molar-refractivity contribution in [2.45, 2.75) is 0 Å². The van der Waals surface area contributed by atoms with E-state index in [1.54, 1.807) is 0 Å². The molecule has 0 saturated heterocycles. The van der Waals surface area contributed by atoms with Gasteiger partial charge in [0.15, 0.2) is 0 Å². The van der Waals surface area contributed by atoms with Crippen LogP contribution in [0.3, 0.4) is 0 Å². The van der Waals surface area contributed by atoms with Crippen LogP contribution < -0.4 is 4.90 Å². The summed E-state index contributed by atoms with van der Waals surface area (Å²) >= 11 is 0. The van der Waals surface area contributed by atoms with Crippen LogP contribution in [0.4, 0.5) is 5.69 Å². The molecule has 0 saturated carbocycles. The summed E-state index contributed by atoms with van der Waals surface area (Å²) in [7, 11) is -3.74. The van der Waals surface area contributed by atoms with E-state index in [4.69, 9.17) is 4.55 Å². The second-order valence-electron chi connectivity index (χ2n) is 3.85. The van der Waals surface area contributed by atoms with Crippen molar-refractivity contribution in [2.75, 3.05) is 36.6 Å². The van der Waals surface area contributed by atoms with Crippen molar-refractivity contribution in [3.8, 4) is 0 Å². The molecule has 8 heteroatoms. The standard InChI is InChI=1S/C11H17NO5S2/c1-12(11-5-3-2-4-6-11)7-9-18(13)10-8-17-19(14,15)16/h2-6H,7-10H2,1H3,(H,14,15,16). The lowest BCUT2D eigenvalue weighted by Gasteiger charge is -2.18. The van der Waals surface area contributed by atoms with Crippen LogP contribution in [0.5, 0.6) is 0 Å². The molecule has 0 fully saturated rings. The van der Waals surface area contributed by atoms with Crippen molar-refractivity contribution >= 4 is 26.9 Å². The van der Waals surface area contributed by atoms with E-state index in [-0.39, 0.29) is 12.4 Å². The average Bonchev–Trinajstić information content (AvgIpc) is 2.35. The molecule has 6 nitrogen and oxygen atoms in total. The molecule has 0 heterocycles. The van der Waals surface area contributed by atoms with Gasteiger partial charge in [-0.1, -0.05) is 18.2 Å². The van der Waals surface area contributed by atoms with Crippen molar-refractivity contribution < 1.29 is 21.4 Å². The number of anilines is 1. The molecule has 1 aromatic rings. The van der Waals surface area contributed by atoms with Crippen molar-refractivity contribution in [1.82, 2.24) is 0 Å². The molecule has 0 bridgehead atoms. The molecule has 1 atom stereocenters. The highest BCUT2D eigenvalue weighted by Crippen LogP contribution is 2.10. The van der Waals surface area contributed by atoms with E-state index < -0.39 is 21.2 Å². The third kappa shape index (κ3) is 7.26. The molecule has 0 amide bonds. The molecule has 0 aliphatic heterocycles. The molecule has 0 aromatic heterocycles. The third-order valence-corrected chi connectivity index (χ3v) is 4.12. The molecule has 0 radical (unpaired) electrons. The monoisotopic (exact) mass is 307 g/mol. The molecule has 1 rings (SSSR count). The van der Waals surface area contributed by atoms with Gasteiger partial charge >= 0.3 is 10.4 Å². The van der Waals surface area contributed by atoms with E-state index in [9.17, 15) is 12.6 Å². The lowest BCUT2D eigenvalue weighted by atomic mass is 10.3. The van der Waals surface area contributed by atoms with E-state index in [2.05, 4.69) is 4.18 Å². The lowest BCUT2D eigenvalue weighted by molar-refractivity contribution is 0.284. The van der Waals surface area contributed by atoms with Gasteiger partial charge < -0.3 is 4.90 Å². The maximum Gasteiger partial charge on any atom is 0.397 e. The molecule has 0 aliphatic carbocycles. The van der Waals surface area contributed by atoms with Crippen LogP contribution in [-0.4, -0.2) is 48.9 Å². The van der Waals surface area contributed by atoms with Gasteiger partial charge in [0.25, 0.3) is 0 Å². The molecular formula is C11H17NO5S2. The zero-order valence-electron chi connectivity index (χ0n) is 10.6. The topological polar surface area (TPSA) is 83.9 Å². The van der Waals surface area contributed by atoms with E-state index in [1.807, 2.05) is 42.3 Å². The Morgan fingerprint density at radius 1 is 1.26 bits per heavy atom. The van der Waals surface area contributed by atoms with Gasteiger partial charge in [-0.05, 0) is 12.1 Å². The van der Waals surface area contributed by atoms with Gasteiger partial charge in [0, 0.05) is 41.6 Å². The summed E-state index contributed by atoms with van der Waals surface area (Å²) in [6.45, 7) is 0.309. The predicted octanol–water partition coefficient (Wildman–Crippen LogP) is 0.691. The minimum atomic E-state index is -4.44. The SMILES string of the molecule is CN(CCS(=O)CCOS(=O)(=O)O)c1ccccc1. The van der Waals surface area contributed by atoms with Crippen LogP contribution in [-0.2, 0) is 25.4 Å². The summed E-state index contributed by atoms with van der Waals surface area (Å²) in [5.41, 5.74) is 1.02. The van der Waals surface area contributed by atoms with Crippen molar-refractivity contribution in [3.05, 3.63) is 30.3 Å². The summed E-state index contributed by atoms with van der Waals surface area (Å²) in [5, 5.41) is 0. The Kier molecular flexibility index (Phi) is 6.43. The fraction of sp³-hybridized carbons (Fsp3) is 0.455. The number of nitrogens with zero attached hydrogens (tertiary/aromatic N) is 1. The Hall–Kier alpha value is -0.960. The second kappa shape index (κ2) is 7.59. The average molecular weight is 307 g/mol. The highest BCUT2D eigenvalue weighted by molar-refractivity contribution is 7.85. The van der Waals surface area contributed by atoms with Gasteiger partial charge in [0.2, 0.25) is 0 Å². The van der Waals surface area contributed by atoms with Gasteiger partial charge in [-0.3, -0.25) is 8.76 Å². The number of benzene rings is 1. The zero-order valence-corrected chi connectivity index (χ0v) is 12.2. The molecule has 1 aromatic carbocycles. The van der Waals surface area contributed by atoms with Gasteiger partial charge in [0.1, 0.15) is 0 Å². The zero-order chi connectivity index (χ0) is 14.3. The normalized spacial score (nSPS) is 13.2. The Morgan fingerprint density at radius 3 is 2.47 bits per heavy atom. The van der Waals surface area contributed by atoms with Crippen molar-refractivity contribution in [3.63, 3.8) is 0 Å². The highest BCUT2D eigenvalue weighted by atomic mass is 32.3. The molecule has 19 heavy (non-hydrogen) atoms. The largest absolute Gasteiger partial charge is 0.397 e. The van der Waals surface area contributed by atoms with E-state index in [0.29, 0.717) is 12.3 Å². The smallest absolute Gasteiger partial charge is 0.374 e. The van der Waals surface area contributed by atoms with Gasteiger partial charge in [-0.2, -0.15) is 8.42 Å². The number of para-hydroxylation sites is 1. The first-order valence-corrected chi connectivity index (χ1v) is 8.47. The Balaban J connectivity index is 2.27. The molecule has 108 valence electrons. The molecule has 0 spiro atoms. The Morgan fingerprint density at radius 2 is 1.89 bits per heavy atom. The lowest BCUT2D eigenvalue weighted by Crippen LogP contribution is -2.24. The van der Waals surface area contributed by atoms with E-state index in [0.717, 1.165) is 5.69 Å². The number of rotatable bonds is 8. The summed E-state index contributed by atoms with van der Waals surface area (Å²) in [6.07, 6.45) is 0. The fourth-order valence-corrected chi connectivity index (χ4v) is 2.73. The maximum absolute atomic E-state index is 11.6. The Bertz CT molecular complexity index is 503. The molecule has 0 aliphatic rings. The van der Waals surface area contributed by atoms with Gasteiger partial charge in [-0.25, -0.2) is 4.18 Å². The minimum absolute atomic E-state index is 0.0718. The summed E-state index contributed by atoms with van der Waals surface area (Å²) in [6, 6.07) is 9.66. The molecule has 1 N–H and O–H groups in total. The van der Waals surface area contributed by atoms with Gasteiger partial charge in [0.05, 0.1) is 6.61 Å². The van der Waals surface area contributed by atoms with Crippen LogP contribution in [0.15, 0.2) is 30.3 Å². The number of hydrogen-bond donors (Lipinski definition) is 1. The third-order valence-electron chi connectivity index (χ3n) is 2.39. The summed E-state index contributed by atoms with van der Waals surface area (Å²) < 4.78 is 44.6. The number of hydrogen-bond acceptors (Lipinski definition) is 5. The van der Waals surface area contributed by atoms with Crippen LogP contribution >= 0.6 is 0 Å². The maximum atomic E-state index is 11.6. The quantitative estimate of drug-likeness (QED) is 0.711. The first-order valence-electron chi connectivity index (χ1n) is 5.61. The first-order chi connectivity index (χ1) is 8.88. The second-order valence-corrected chi connectivity index (χ2v) is 6.64. The van der Waals surface area contributed by atoms with E-state index in [1.165, 1.54) is 0 Å². The Labute approximate surface area is 115 Å². The van der Waals surface area contributed by atoms with Crippen molar-refractivity contribution in [2.24, 2.45) is 0 Å². The van der Waals surface area contributed by atoms with Crippen LogP contribution in [0.2, 0.25) is 0 Å². The molecular weight excluding hydrogens is 290 g/mol. The predicted molar refractivity (Wildman–Crippen MR) is 75.1 cm³/mol. The van der Waals surface area contributed by atoms with E-state index >= 15 is 0 Å². The van der Waals surface area contributed by atoms with Gasteiger partial charge in [-0.15, -0.1) is 0 Å². The summed E-state index contributed by atoms with van der Waals surface area (Å²) in [4.78, 5) is 1.96.